The van der Waals surface area contributed by atoms with E-state index in [2.05, 4.69) is 43.1 Å². The first-order valence-electron chi connectivity index (χ1n) is 16.0. The second-order valence-electron chi connectivity index (χ2n) is 11.2. The topological polar surface area (TPSA) is 6.48 Å². The van der Waals surface area contributed by atoms with Gasteiger partial charge in [0.15, 0.2) is 0 Å². The van der Waals surface area contributed by atoms with Crippen LogP contribution in [0.4, 0.5) is 0 Å². The van der Waals surface area contributed by atoms with Gasteiger partial charge in [0.25, 0.3) is 0 Å². The van der Waals surface area contributed by atoms with Crippen molar-refractivity contribution in [3.63, 3.8) is 0 Å². The Morgan fingerprint density at radius 2 is 0.794 bits per heavy atom. The molecule has 1 atom stereocenters. The van der Waals surface area contributed by atoms with Gasteiger partial charge in [-0.1, -0.05) is 155 Å². The average Bonchev–Trinajstić information content (AvgIpc) is 3.19. The van der Waals surface area contributed by atoms with Crippen LogP contribution in [0.25, 0.3) is 0 Å². The number of nitrogens with zero attached hydrogens (tertiary/aromatic N) is 2. The lowest BCUT2D eigenvalue weighted by molar-refractivity contribution is 0.159. The van der Waals surface area contributed by atoms with Crippen molar-refractivity contribution in [3.8, 4) is 0 Å². The van der Waals surface area contributed by atoms with E-state index in [-0.39, 0.29) is 0 Å². The van der Waals surface area contributed by atoms with Crippen LogP contribution in [0.15, 0.2) is 12.4 Å². The van der Waals surface area contributed by atoms with Crippen LogP contribution in [-0.4, -0.2) is 29.6 Å². The predicted molar refractivity (Wildman–Crippen MR) is 154 cm³/mol. The van der Waals surface area contributed by atoms with Crippen LogP contribution in [-0.2, 0) is 0 Å². The van der Waals surface area contributed by atoms with Crippen LogP contribution in [0.1, 0.15) is 174 Å². The van der Waals surface area contributed by atoms with E-state index >= 15 is 0 Å². The molecule has 1 unspecified atom stereocenters. The number of hydrogen-bond acceptors (Lipinski definition) is 2. The first kappa shape index (κ1) is 31.4. The average molecular weight is 477 g/mol. The summed E-state index contributed by atoms with van der Waals surface area (Å²) >= 11 is 0. The molecule has 0 radical (unpaired) electrons. The normalized spacial score (nSPS) is 15.7. The first-order valence-corrected chi connectivity index (χ1v) is 16.0. The Morgan fingerprint density at radius 1 is 0.441 bits per heavy atom. The van der Waals surface area contributed by atoms with E-state index in [1.807, 2.05) is 0 Å². The van der Waals surface area contributed by atoms with E-state index in [0.717, 1.165) is 0 Å². The van der Waals surface area contributed by atoms with Gasteiger partial charge >= 0.3 is 0 Å². The molecule has 202 valence electrons. The summed E-state index contributed by atoms with van der Waals surface area (Å²) in [4.78, 5) is 5.06. The molecule has 1 aliphatic heterocycles. The highest BCUT2D eigenvalue weighted by Gasteiger charge is 2.22. The fourth-order valence-electron chi connectivity index (χ4n) is 5.52. The zero-order valence-corrected chi connectivity index (χ0v) is 24.0. The molecule has 1 rings (SSSR count). The molecule has 0 aromatic carbocycles. The molecule has 0 N–H and O–H groups in total. The second kappa shape index (κ2) is 24.1. The maximum Gasteiger partial charge on any atom is 0.100 e. The van der Waals surface area contributed by atoms with Crippen LogP contribution in [0.3, 0.4) is 0 Å². The molecule has 0 saturated heterocycles. The summed E-state index contributed by atoms with van der Waals surface area (Å²) in [5, 5.41) is 0. The van der Waals surface area contributed by atoms with E-state index in [1.165, 1.54) is 167 Å². The fraction of sp³-hybridized carbons (Fsp3) is 0.938. The van der Waals surface area contributed by atoms with Gasteiger partial charge in [0.05, 0.1) is 0 Å². The highest BCUT2D eigenvalue weighted by Crippen LogP contribution is 2.21. The summed E-state index contributed by atoms with van der Waals surface area (Å²) in [6.07, 6.45) is 41.2. The van der Waals surface area contributed by atoms with E-state index in [9.17, 15) is 0 Å². The quantitative estimate of drug-likeness (QED) is 0.114. The molecule has 0 amide bonds. The highest BCUT2D eigenvalue weighted by atomic mass is 15.4. The standard InChI is InChI=1S/C32H64N2/c1-4-6-8-10-12-14-15-16-17-18-19-21-23-25-27-29-34-31-30-33(3)32(34)28-26-24-22-20-13-11-9-7-5-2/h30-32H,4-29H2,1-3H3. The molecule has 0 bridgehead atoms. The summed E-state index contributed by atoms with van der Waals surface area (Å²) < 4.78 is 0. The second-order valence-corrected chi connectivity index (χ2v) is 11.2. The largest absolute Gasteiger partial charge is 0.359 e. The van der Waals surface area contributed by atoms with Gasteiger partial charge in [-0.2, -0.15) is 0 Å². The Morgan fingerprint density at radius 3 is 1.21 bits per heavy atom. The van der Waals surface area contributed by atoms with Gasteiger partial charge in [0.2, 0.25) is 0 Å². The molecule has 2 heteroatoms. The van der Waals surface area contributed by atoms with Crippen molar-refractivity contribution in [2.75, 3.05) is 13.6 Å². The lowest BCUT2D eigenvalue weighted by Crippen LogP contribution is -2.37. The summed E-state index contributed by atoms with van der Waals surface area (Å²) in [6, 6.07) is 0. The summed E-state index contributed by atoms with van der Waals surface area (Å²) in [6.45, 7) is 5.86. The van der Waals surface area contributed by atoms with Crippen molar-refractivity contribution in [1.82, 2.24) is 9.80 Å². The minimum atomic E-state index is 0.621. The third-order valence-electron chi connectivity index (χ3n) is 7.93. The summed E-state index contributed by atoms with van der Waals surface area (Å²) in [7, 11) is 2.27. The van der Waals surface area contributed by atoms with Crippen molar-refractivity contribution in [1.29, 1.82) is 0 Å². The molecule has 1 heterocycles. The Labute approximate surface area is 216 Å². The molecule has 0 aliphatic carbocycles. The predicted octanol–water partition coefficient (Wildman–Crippen LogP) is 10.8. The third-order valence-corrected chi connectivity index (χ3v) is 7.93. The van der Waals surface area contributed by atoms with E-state index in [4.69, 9.17) is 0 Å². The Hall–Kier alpha value is -0.660. The molecule has 1 aliphatic rings. The third kappa shape index (κ3) is 17.7. The lowest BCUT2D eigenvalue weighted by atomic mass is 10.0. The maximum absolute atomic E-state index is 2.62. The van der Waals surface area contributed by atoms with E-state index < -0.39 is 0 Å². The van der Waals surface area contributed by atoms with Gasteiger partial charge in [0.1, 0.15) is 6.17 Å². The molecule has 0 aromatic heterocycles. The minimum absolute atomic E-state index is 0.621. The molecule has 0 spiro atoms. The van der Waals surface area contributed by atoms with Crippen molar-refractivity contribution in [2.45, 2.75) is 181 Å². The fourth-order valence-corrected chi connectivity index (χ4v) is 5.52. The van der Waals surface area contributed by atoms with Gasteiger partial charge in [-0.25, -0.2) is 0 Å². The SMILES string of the molecule is CCCCCCCCCCCCCCCCCN1C=CN(C)C1CCCCCCCCCCC. The Kier molecular flexibility index (Phi) is 22.2. The minimum Gasteiger partial charge on any atom is -0.359 e. The van der Waals surface area contributed by atoms with Gasteiger partial charge in [0, 0.05) is 26.0 Å². The molecular weight excluding hydrogens is 412 g/mol. The Balaban J connectivity index is 1.89. The van der Waals surface area contributed by atoms with Crippen molar-refractivity contribution < 1.29 is 0 Å². The number of hydrogen-bond donors (Lipinski definition) is 0. The van der Waals surface area contributed by atoms with Gasteiger partial charge in [-0.15, -0.1) is 0 Å². The maximum atomic E-state index is 2.62. The smallest absolute Gasteiger partial charge is 0.100 e. The monoisotopic (exact) mass is 477 g/mol. The number of unbranched alkanes of at least 4 members (excludes halogenated alkanes) is 22. The van der Waals surface area contributed by atoms with Crippen LogP contribution < -0.4 is 0 Å². The van der Waals surface area contributed by atoms with Crippen molar-refractivity contribution >= 4 is 0 Å². The van der Waals surface area contributed by atoms with Gasteiger partial charge in [-0.3, -0.25) is 0 Å². The zero-order valence-electron chi connectivity index (χ0n) is 24.0. The van der Waals surface area contributed by atoms with E-state index in [0.29, 0.717) is 6.17 Å². The number of rotatable bonds is 26. The molecule has 34 heavy (non-hydrogen) atoms. The van der Waals surface area contributed by atoms with Crippen LogP contribution >= 0.6 is 0 Å². The molecule has 2 nitrogen and oxygen atoms in total. The molecule has 0 saturated carbocycles. The summed E-state index contributed by atoms with van der Waals surface area (Å²) in [5.41, 5.74) is 0. The van der Waals surface area contributed by atoms with Gasteiger partial charge in [-0.05, 0) is 19.3 Å². The molecule has 0 fully saturated rings. The van der Waals surface area contributed by atoms with E-state index in [1.54, 1.807) is 0 Å². The Bertz CT molecular complexity index is 433. The van der Waals surface area contributed by atoms with Crippen molar-refractivity contribution in [3.05, 3.63) is 12.4 Å². The summed E-state index contributed by atoms with van der Waals surface area (Å²) in [5.74, 6) is 0. The van der Waals surface area contributed by atoms with Crippen LogP contribution in [0.2, 0.25) is 0 Å². The van der Waals surface area contributed by atoms with Crippen LogP contribution in [0.5, 0.6) is 0 Å². The lowest BCUT2D eigenvalue weighted by Gasteiger charge is -2.30. The molecule has 0 aromatic rings. The van der Waals surface area contributed by atoms with Gasteiger partial charge < -0.3 is 9.80 Å². The van der Waals surface area contributed by atoms with Crippen molar-refractivity contribution in [2.24, 2.45) is 0 Å². The highest BCUT2D eigenvalue weighted by molar-refractivity contribution is 4.95. The zero-order chi connectivity index (χ0) is 24.5. The molecular formula is C32H64N2. The van der Waals surface area contributed by atoms with Crippen LogP contribution in [0, 0.1) is 0 Å². The first-order chi connectivity index (χ1) is 16.8.